The first kappa shape index (κ1) is 25.4. The molecule has 1 aliphatic rings. The Morgan fingerprint density at radius 3 is 2.45 bits per heavy atom. The molecule has 0 unspecified atom stereocenters. The Hall–Kier alpha value is -4.90. The minimum absolute atomic E-state index is 0.0991. The van der Waals surface area contributed by atoms with Gasteiger partial charge in [-0.25, -0.2) is 18.7 Å². The highest BCUT2D eigenvalue weighted by Crippen LogP contribution is 2.30. The number of nitrogens with zero attached hydrogens (tertiary/aromatic N) is 5. The average molecular weight is 542 g/mol. The minimum Gasteiger partial charge on any atom is -0.399 e. The van der Waals surface area contributed by atoms with E-state index in [4.69, 9.17) is 20.4 Å². The van der Waals surface area contributed by atoms with Crippen LogP contribution in [0, 0.1) is 0 Å². The first-order valence-corrected chi connectivity index (χ1v) is 12.7. The molecule has 1 aliphatic heterocycles. The molecule has 3 N–H and O–H groups in total. The van der Waals surface area contributed by atoms with E-state index in [1.165, 1.54) is 4.57 Å². The number of carbonyl (C=O) groups is 1. The zero-order valence-electron chi connectivity index (χ0n) is 21.3. The van der Waals surface area contributed by atoms with Crippen LogP contribution in [-0.2, 0) is 4.74 Å². The van der Waals surface area contributed by atoms with Gasteiger partial charge in [0.1, 0.15) is 5.82 Å². The number of imidazole rings is 1. The number of morpholine rings is 1. The van der Waals surface area contributed by atoms with Gasteiger partial charge in [0, 0.05) is 41.7 Å². The lowest BCUT2D eigenvalue weighted by atomic mass is 10.1. The predicted octanol–water partition coefficient (Wildman–Crippen LogP) is 5.09. The number of alkyl halides is 2. The molecule has 202 valence electrons. The molecule has 3 aromatic carbocycles. The summed E-state index contributed by atoms with van der Waals surface area (Å²) in [6.45, 7) is 2.29. The third-order valence-electron chi connectivity index (χ3n) is 6.61. The van der Waals surface area contributed by atoms with Crippen LogP contribution in [0.5, 0.6) is 0 Å². The van der Waals surface area contributed by atoms with E-state index in [-0.39, 0.29) is 11.9 Å². The molecule has 0 atom stereocenters. The van der Waals surface area contributed by atoms with Crippen molar-refractivity contribution in [2.45, 2.75) is 6.43 Å². The summed E-state index contributed by atoms with van der Waals surface area (Å²) < 4.78 is 35.0. The number of carbonyl (C=O) groups excluding carboxylic acids is 1. The van der Waals surface area contributed by atoms with Gasteiger partial charge in [0.15, 0.2) is 5.82 Å². The summed E-state index contributed by atoms with van der Waals surface area (Å²) in [5.74, 6) is -0.0150. The topological polar surface area (TPSA) is 111 Å². The van der Waals surface area contributed by atoms with Crippen molar-refractivity contribution in [2.75, 3.05) is 42.3 Å². The quantitative estimate of drug-likeness (QED) is 0.288. The van der Waals surface area contributed by atoms with Crippen molar-refractivity contribution in [3.63, 3.8) is 0 Å². The van der Waals surface area contributed by atoms with Crippen LogP contribution >= 0.6 is 0 Å². The van der Waals surface area contributed by atoms with Crippen molar-refractivity contribution < 1.29 is 18.3 Å². The molecule has 1 fully saturated rings. The molecule has 0 saturated carbocycles. The van der Waals surface area contributed by atoms with E-state index < -0.39 is 12.2 Å². The van der Waals surface area contributed by atoms with E-state index in [1.807, 2.05) is 23.1 Å². The Morgan fingerprint density at radius 1 is 0.925 bits per heavy atom. The average Bonchev–Trinajstić information content (AvgIpc) is 3.38. The van der Waals surface area contributed by atoms with E-state index >= 15 is 0 Å². The number of hydrogen-bond donors (Lipinski definition) is 2. The standard InChI is InChI=1S/C29H25F2N7O2/c30-26(31)27-34-22-6-1-2-7-24(22)38(27)29-35-23(17-25(36-29)37-12-14-40-15-13-37)18-8-10-21(11-9-18)33-28(39)19-4-3-5-20(32)16-19/h1-11,16-17,26H,12-15,32H2,(H,33,39). The van der Waals surface area contributed by atoms with Crippen LogP contribution in [0.25, 0.3) is 28.2 Å². The van der Waals surface area contributed by atoms with Gasteiger partial charge >= 0.3 is 0 Å². The monoisotopic (exact) mass is 541 g/mol. The summed E-state index contributed by atoms with van der Waals surface area (Å²) in [6, 6.07) is 22.6. The number of hydrogen-bond acceptors (Lipinski definition) is 7. The highest BCUT2D eigenvalue weighted by Gasteiger charge is 2.24. The van der Waals surface area contributed by atoms with Gasteiger partial charge < -0.3 is 20.7 Å². The lowest BCUT2D eigenvalue weighted by Gasteiger charge is -2.28. The number of benzene rings is 3. The largest absolute Gasteiger partial charge is 0.399 e. The molecule has 11 heteroatoms. The smallest absolute Gasteiger partial charge is 0.296 e. The van der Waals surface area contributed by atoms with Crippen molar-refractivity contribution in [3.05, 3.63) is 90.3 Å². The van der Waals surface area contributed by atoms with Crippen LogP contribution in [0.3, 0.4) is 0 Å². The number of nitrogens with one attached hydrogen (secondary N) is 1. The van der Waals surface area contributed by atoms with E-state index in [0.717, 1.165) is 5.56 Å². The fraction of sp³-hybridized carbons (Fsp3) is 0.172. The number of halogens is 2. The van der Waals surface area contributed by atoms with Crippen LogP contribution in [0.4, 0.5) is 26.0 Å². The van der Waals surface area contributed by atoms with E-state index in [0.29, 0.717) is 65.8 Å². The third kappa shape index (κ3) is 5.06. The molecule has 3 heterocycles. The molecule has 0 radical (unpaired) electrons. The number of aromatic nitrogens is 4. The number of nitrogen functional groups attached to an aromatic ring is 1. The van der Waals surface area contributed by atoms with Crippen molar-refractivity contribution in [3.8, 4) is 17.2 Å². The lowest BCUT2D eigenvalue weighted by molar-refractivity contribution is 0.102. The molecule has 1 amide bonds. The maximum atomic E-state index is 14.1. The van der Waals surface area contributed by atoms with Crippen molar-refractivity contribution in [2.24, 2.45) is 0 Å². The van der Waals surface area contributed by atoms with E-state index in [9.17, 15) is 13.6 Å². The number of amides is 1. The highest BCUT2D eigenvalue weighted by molar-refractivity contribution is 6.04. The van der Waals surface area contributed by atoms with Crippen LogP contribution in [0.1, 0.15) is 22.6 Å². The molecule has 0 spiro atoms. The molecule has 1 saturated heterocycles. The predicted molar refractivity (Wildman–Crippen MR) is 149 cm³/mol. The van der Waals surface area contributed by atoms with Gasteiger partial charge in [-0.3, -0.25) is 9.36 Å². The Morgan fingerprint density at radius 2 is 1.70 bits per heavy atom. The summed E-state index contributed by atoms with van der Waals surface area (Å²) in [4.78, 5) is 28.2. The van der Waals surface area contributed by atoms with Gasteiger partial charge in [-0.2, -0.15) is 4.98 Å². The summed E-state index contributed by atoms with van der Waals surface area (Å²) in [5.41, 5.74) is 9.51. The molecule has 6 rings (SSSR count). The zero-order valence-corrected chi connectivity index (χ0v) is 21.3. The highest BCUT2D eigenvalue weighted by atomic mass is 19.3. The third-order valence-corrected chi connectivity index (χ3v) is 6.61. The van der Waals surface area contributed by atoms with Crippen molar-refractivity contribution in [1.82, 2.24) is 19.5 Å². The molecule has 5 aromatic rings. The van der Waals surface area contributed by atoms with E-state index in [2.05, 4.69) is 10.3 Å². The van der Waals surface area contributed by atoms with Crippen LogP contribution < -0.4 is 16.0 Å². The number of fused-ring (bicyclic) bond motifs is 1. The summed E-state index contributed by atoms with van der Waals surface area (Å²) in [6.07, 6.45) is -2.82. The fourth-order valence-corrected chi connectivity index (χ4v) is 4.63. The number of nitrogens with two attached hydrogens (primary N) is 1. The molecule has 0 aliphatic carbocycles. The fourth-order valence-electron chi connectivity index (χ4n) is 4.63. The van der Waals surface area contributed by atoms with Gasteiger partial charge in [0.25, 0.3) is 12.3 Å². The normalized spacial score (nSPS) is 13.6. The van der Waals surface area contributed by atoms with Gasteiger partial charge in [0.2, 0.25) is 5.95 Å². The Bertz CT molecular complexity index is 1680. The van der Waals surface area contributed by atoms with Gasteiger partial charge in [0.05, 0.1) is 29.9 Å². The van der Waals surface area contributed by atoms with Crippen molar-refractivity contribution >= 4 is 34.1 Å². The first-order chi connectivity index (χ1) is 19.5. The van der Waals surface area contributed by atoms with E-state index in [1.54, 1.807) is 60.7 Å². The molecule has 9 nitrogen and oxygen atoms in total. The summed E-state index contributed by atoms with van der Waals surface area (Å²) in [5, 5.41) is 2.86. The maximum Gasteiger partial charge on any atom is 0.296 e. The molecule has 2 aromatic heterocycles. The van der Waals surface area contributed by atoms with Crippen molar-refractivity contribution in [1.29, 1.82) is 0 Å². The molecule has 0 bridgehead atoms. The van der Waals surface area contributed by atoms with Crippen LogP contribution in [0.2, 0.25) is 0 Å². The molecular formula is C29H25F2N7O2. The second-order valence-electron chi connectivity index (χ2n) is 9.26. The minimum atomic E-state index is -2.82. The number of anilines is 3. The summed E-state index contributed by atoms with van der Waals surface area (Å²) in [7, 11) is 0. The summed E-state index contributed by atoms with van der Waals surface area (Å²) >= 11 is 0. The maximum absolute atomic E-state index is 14.1. The second kappa shape index (κ2) is 10.7. The number of para-hydroxylation sites is 2. The number of ether oxygens (including phenoxy) is 1. The van der Waals surface area contributed by atoms with Crippen LogP contribution in [-0.4, -0.2) is 51.7 Å². The first-order valence-electron chi connectivity index (χ1n) is 12.7. The molecular weight excluding hydrogens is 516 g/mol. The number of rotatable bonds is 6. The molecule has 40 heavy (non-hydrogen) atoms. The zero-order chi connectivity index (χ0) is 27.6. The van der Waals surface area contributed by atoms with Gasteiger partial charge in [-0.1, -0.05) is 30.3 Å². The Kier molecular flexibility index (Phi) is 6.79. The van der Waals surface area contributed by atoms with Gasteiger partial charge in [-0.15, -0.1) is 0 Å². The SMILES string of the molecule is Nc1cccc(C(=O)Nc2ccc(-c3cc(N4CCOCC4)nc(-n4c(C(F)F)nc5ccccc54)n3)cc2)c1. The lowest BCUT2D eigenvalue weighted by Crippen LogP contribution is -2.37. The second-order valence-corrected chi connectivity index (χ2v) is 9.26. The Balaban J connectivity index is 1.39. The Labute approximate surface area is 228 Å². The van der Waals surface area contributed by atoms with Gasteiger partial charge in [-0.05, 0) is 42.5 Å². The van der Waals surface area contributed by atoms with Crippen LogP contribution in [0.15, 0.2) is 78.9 Å².